The Balaban J connectivity index is 1.80. The third-order valence-corrected chi connectivity index (χ3v) is 5.32. The average molecular weight is 465 g/mol. The molecule has 4 rings (SSSR count). The number of piperazine rings is 1. The summed E-state index contributed by atoms with van der Waals surface area (Å²) < 4.78 is 43.8. The Bertz CT molecular complexity index is 1120. The molecule has 0 bridgehead atoms. The van der Waals surface area contributed by atoms with E-state index in [1.54, 1.807) is 10.7 Å². The lowest BCUT2D eigenvalue weighted by molar-refractivity contribution is -0.174. The van der Waals surface area contributed by atoms with E-state index < -0.39 is 12.8 Å². The van der Waals surface area contributed by atoms with Crippen LogP contribution < -0.4 is 16.0 Å². The highest BCUT2D eigenvalue weighted by molar-refractivity contribution is 5.93. The van der Waals surface area contributed by atoms with Crippen LogP contribution in [0, 0.1) is 0 Å². The molecule has 1 atom stereocenters. The van der Waals surface area contributed by atoms with Gasteiger partial charge in [-0.1, -0.05) is 6.92 Å². The van der Waals surface area contributed by atoms with Crippen molar-refractivity contribution in [1.82, 2.24) is 35.3 Å². The number of aromatic nitrogens is 6. The Morgan fingerprint density at radius 1 is 1.27 bits per heavy atom. The van der Waals surface area contributed by atoms with E-state index in [0.29, 0.717) is 46.2 Å². The largest absolute Gasteiger partial charge is 0.411 e. The van der Waals surface area contributed by atoms with Gasteiger partial charge in [0.05, 0.1) is 30.7 Å². The van der Waals surface area contributed by atoms with Gasteiger partial charge in [0.25, 0.3) is 0 Å². The quantitative estimate of drug-likeness (QED) is 0.503. The van der Waals surface area contributed by atoms with Gasteiger partial charge in [-0.25, -0.2) is 9.97 Å². The van der Waals surface area contributed by atoms with E-state index in [-0.39, 0.29) is 19.2 Å². The number of halogens is 3. The lowest BCUT2D eigenvalue weighted by atomic mass is 10.2. The van der Waals surface area contributed by atoms with Gasteiger partial charge in [-0.2, -0.15) is 23.4 Å². The molecule has 1 aliphatic heterocycles. The highest BCUT2D eigenvalue weighted by Gasteiger charge is 2.28. The second-order valence-electron chi connectivity index (χ2n) is 7.90. The average Bonchev–Trinajstić information content (AvgIpc) is 3.14. The van der Waals surface area contributed by atoms with Crippen LogP contribution in [0.3, 0.4) is 0 Å². The fraction of sp³-hybridized carbons (Fsp3) is 0.550. The summed E-state index contributed by atoms with van der Waals surface area (Å²) in [5.41, 5.74) is 9.24. The summed E-state index contributed by atoms with van der Waals surface area (Å²) in [5, 5.41) is 16.1. The van der Waals surface area contributed by atoms with Gasteiger partial charge < -0.3 is 20.7 Å². The van der Waals surface area contributed by atoms with Gasteiger partial charge in [0.2, 0.25) is 5.95 Å². The number of nitrogens with two attached hydrogens (primary N) is 1. The van der Waals surface area contributed by atoms with Crippen LogP contribution in [-0.4, -0.2) is 75.0 Å². The van der Waals surface area contributed by atoms with Gasteiger partial charge in [0.1, 0.15) is 29.0 Å². The standard InChI is InChI=1S/C20H26F3N9O/c1-3-14-16-18(32(30-14)8-9-33-11-20(21,22)23)17(15-13(24)4-5-26-29-15)28-19(27-16)31-7-6-25-12(2)10-31/h4-5,12,25H,3,6-11H2,1-2H3,(H2,24,26)/t12-/m1/s1. The van der Waals surface area contributed by atoms with Gasteiger partial charge in [-0.15, -0.1) is 5.10 Å². The van der Waals surface area contributed by atoms with Gasteiger partial charge in [0.15, 0.2) is 0 Å². The molecule has 1 aliphatic rings. The molecule has 0 aliphatic carbocycles. The summed E-state index contributed by atoms with van der Waals surface area (Å²) in [4.78, 5) is 11.7. The fourth-order valence-electron chi connectivity index (χ4n) is 3.82. The third kappa shape index (κ3) is 5.14. The van der Waals surface area contributed by atoms with Crippen LogP contribution in [0.5, 0.6) is 0 Å². The number of hydrogen-bond donors (Lipinski definition) is 2. The molecule has 0 aromatic carbocycles. The highest BCUT2D eigenvalue weighted by atomic mass is 19.4. The predicted molar refractivity (Wildman–Crippen MR) is 117 cm³/mol. The van der Waals surface area contributed by atoms with Crippen molar-refractivity contribution >= 4 is 22.7 Å². The molecule has 33 heavy (non-hydrogen) atoms. The van der Waals surface area contributed by atoms with E-state index in [4.69, 9.17) is 20.4 Å². The molecule has 3 N–H and O–H groups in total. The lowest BCUT2D eigenvalue weighted by Crippen LogP contribution is -2.49. The summed E-state index contributed by atoms with van der Waals surface area (Å²) in [6, 6.07) is 1.89. The van der Waals surface area contributed by atoms with Crippen molar-refractivity contribution in [3.8, 4) is 11.4 Å². The number of ether oxygens (including phenoxy) is 1. The second-order valence-corrected chi connectivity index (χ2v) is 7.90. The summed E-state index contributed by atoms with van der Waals surface area (Å²) in [5.74, 6) is 0.526. The van der Waals surface area contributed by atoms with Crippen LogP contribution in [0.4, 0.5) is 24.8 Å². The Labute approximate surface area is 188 Å². The number of anilines is 2. The molecule has 3 aromatic rings. The van der Waals surface area contributed by atoms with Crippen molar-refractivity contribution in [2.24, 2.45) is 0 Å². The van der Waals surface area contributed by atoms with E-state index in [2.05, 4.69) is 32.4 Å². The van der Waals surface area contributed by atoms with Crippen molar-refractivity contribution in [3.05, 3.63) is 18.0 Å². The molecule has 1 fully saturated rings. The first-order valence-corrected chi connectivity index (χ1v) is 10.7. The molecule has 0 unspecified atom stereocenters. The van der Waals surface area contributed by atoms with Crippen LogP contribution in [0.25, 0.3) is 22.4 Å². The van der Waals surface area contributed by atoms with Crippen molar-refractivity contribution in [3.63, 3.8) is 0 Å². The monoisotopic (exact) mass is 465 g/mol. The van der Waals surface area contributed by atoms with Crippen LogP contribution in [-0.2, 0) is 17.7 Å². The number of nitrogens with one attached hydrogen (secondary N) is 1. The minimum atomic E-state index is -4.39. The van der Waals surface area contributed by atoms with Crippen molar-refractivity contribution < 1.29 is 17.9 Å². The van der Waals surface area contributed by atoms with Crippen LogP contribution in [0.1, 0.15) is 19.5 Å². The summed E-state index contributed by atoms with van der Waals surface area (Å²) in [6.45, 7) is 4.87. The molecular weight excluding hydrogens is 439 g/mol. The zero-order valence-corrected chi connectivity index (χ0v) is 18.4. The maximum Gasteiger partial charge on any atom is 0.411 e. The van der Waals surface area contributed by atoms with Crippen molar-refractivity contribution in [2.45, 2.75) is 39.0 Å². The maximum atomic E-state index is 12.5. The molecule has 0 spiro atoms. The highest BCUT2D eigenvalue weighted by Crippen LogP contribution is 2.32. The number of aryl methyl sites for hydroxylation is 1. The Morgan fingerprint density at radius 2 is 2.09 bits per heavy atom. The van der Waals surface area contributed by atoms with E-state index in [1.807, 2.05) is 6.92 Å². The van der Waals surface area contributed by atoms with Gasteiger partial charge in [0, 0.05) is 25.7 Å². The van der Waals surface area contributed by atoms with Crippen LogP contribution >= 0.6 is 0 Å². The molecule has 4 heterocycles. The normalized spacial score (nSPS) is 17.1. The zero-order valence-electron chi connectivity index (χ0n) is 18.4. The maximum absolute atomic E-state index is 12.5. The minimum Gasteiger partial charge on any atom is -0.397 e. The fourth-order valence-corrected chi connectivity index (χ4v) is 3.82. The van der Waals surface area contributed by atoms with Crippen molar-refractivity contribution in [2.75, 3.05) is 43.5 Å². The molecule has 0 radical (unpaired) electrons. The number of rotatable bonds is 7. The number of nitrogen functional groups attached to an aromatic ring is 1. The molecule has 1 saturated heterocycles. The number of nitrogens with zero attached hydrogens (tertiary/aromatic N) is 7. The SMILES string of the molecule is CCc1nn(CCOCC(F)(F)F)c2c(-c3nnccc3N)nc(N3CCN[C@H](C)C3)nc12. The summed E-state index contributed by atoms with van der Waals surface area (Å²) in [6.07, 6.45) is -2.33. The second kappa shape index (κ2) is 9.43. The molecule has 0 amide bonds. The number of hydrogen-bond acceptors (Lipinski definition) is 9. The first-order chi connectivity index (χ1) is 15.8. The Hall–Kier alpha value is -3.06. The molecule has 0 saturated carbocycles. The molecule has 10 nitrogen and oxygen atoms in total. The number of fused-ring (bicyclic) bond motifs is 1. The molecule has 13 heteroatoms. The van der Waals surface area contributed by atoms with Gasteiger partial charge >= 0.3 is 6.18 Å². The third-order valence-electron chi connectivity index (χ3n) is 5.32. The summed E-state index contributed by atoms with van der Waals surface area (Å²) in [7, 11) is 0. The zero-order chi connectivity index (χ0) is 23.6. The smallest absolute Gasteiger partial charge is 0.397 e. The lowest BCUT2D eigenvalue weighted by Gasteiger charge is -2.32. The van der Waals surface area contributed by atoms with Crippen LogP contribution in [0.2, 0.25) is 0 Å². The summed E-state index contributed by atoms with van der Waals surface area (Å²) >= 11 is 0. The first-order valence-electron chi connectivity index (χ1n) is 10.7. The van der Waals surface area contributed by atoms with Gasteiger partial charge in [-0.05, 0) is 19.4 Å². The van der Waals surface area contributed by atoms with Crippen molar-refractivity contribution in [1.29, 1.82) is 0 Å². The van der Waals surface area contributed by atoms with E-state index in [0.717, 1.165) is 19.6 Å². The minimum absolute atomic E-state index is 0.0904. The Kier molecular flexibility index (Phi) is 6.61. The molecule has 3 aromatic heterocycles. The Morgan fingerprint density at radius 3 is 2.79 bits per heavy atom. The predicted octanol–water partition coefficient (Wildman–Crippen LogP) is 1.80. The van der Waals surface area contributed by atoms with Crippen LogP contribution in [0.15, 0.2) is 12.3 Å². The van der Waals surface area contributed by atoms with E-state index >= 15 is 0 Å². The van der Waals surface area contributed by atoms with E-state index in [1.165, 1.54) is 6.20 Å². The molecular formula is C20H26F3N9O. The van der Waals surface area contributed by atoms with E-state index in [9.17, 15) is 13.2 Å². The first kappa shape index (κ1) is 23.1. The topological polar surface area (TPSA) is 120 Å². The molecule has 178 valence electrons. The van der Waals surface area contributed by atoms with Gasteiger partial charge in [-0.3, -0.25) is 4.68 Å². The number of alkyl halides is 3.